The molecule has 6 heteroatoms. The zero-order valence-corrected chi connectivity index (χ0v) is 12.5. The van der Waals surface area contributed by atoms with Crippen molar-refractivity contribution in [3.63, 3.8) is 0 Å². The van der Waals surface area contributed by atoms with Gasteiger partial charge in [-0.3, -0.25) is 0 Å². The molecule has 0 radical (unpaired) electrons. The minimum Gasteiger partial charge on any atom is -0.385 e. The van der Waals surface area contributed by atoms with E-state index in [0.29, 0.717) is 30.0 Å². The third-order valence-electron chi connectivity index (χ3n) is 2.89. The summed E-state index contributed by atoms with van der Waals surface area (Å²) in [5, 5.41) is 0. The Morgan fingerprint density at radius 3 is 2.68 bits per heavy atom. The minimum atomic E-state index is -3.51. The monoisotopic (exact) mass is 286 g/mol. The summed E-state index contributed by atoms with van der Waals surface area (Å²) in [6.45, 7) is 4.43. The number of methoxy groups -OCH3 is 1. The Morgan fingerprint density at radius 1 is 1.42 bits per heavy atom. The van der Waals surface area contributed by atoms with Crippen LogP contribution in [-0.4, -0.2) is 28.2 Å². The number of hydrogen-bond donors (Lipinski definition) is 2. The molecular formula is C13H22N2O3S. The van der Waals surface area contributed by atoms with Crippen LogP contribution in [0.2, 0.25) is 0 Å². The number of benzene rings is 1. The molecular weight excluding hydrogens is 264 g/mol. The van der Waals surface area contributed by atoms with Crippen LogP contribution in [0, 0.1) is 6.92 Å². The molecule has 0 aromatic heterocycles. The summed E-state index contributed by atoms with van der Waals surface area (Å²) in [5.74, 6) is 0. The third-order valence-corrected chi connectivity index (χ3v) is 4.62. The van der Waals surface area contributed by atoms with Crippen molar-refractivity contribution in [1.29, 1.82) is 0 Å². The van der Waals surface area contributed by atoms with E-state index in [4.69, 9.17) is 10.5 Å². The first-order valence-electron chi connectivity index (χ1n) is 6.21. The second kappa shape index (κ2) is 7.00. The van der Waals surface area contributed by atoms with Gasteiger partial charge in [0.1, 0.15) is 0 Å². The zero-order valence-electron chi connectivity index (χ0n) is 11.6. The van der Waals surface area contributed by atoms with Gasteiger partial charge in [-0.2, -0.15) is 0 Å². The summed E-state index contributed by atoms with van der Waals surface area (Å²) in [6, 6.07) is 5.06. The van der Waals surface area contributed by atoms with Crippen LogP contribution in [0.3, 0.4) is 0 Å². The summed E-state index contributed by atoms with van der Waals surface area (Å²) in [5.41, 5.74) is 7.06. The molecule has 0 aliphatic heterocycles. The van der Waals surface area contributed by atoms with Gasteiger partial charge in [-0.05, 0) is 37.5 Å². The second-order valence-electron chi connectivity index (χ2n) is 4.61. The van der Waals surface area contributed by atoms with Crippen LogP contribution in [0.1, 0.15) is 24.5 Å². The Balaban J connectivity index is 2.93. The van der Waals surface area contributed by atoms with Crippen LogP contribution in [-0.2, 0) is 21.3 Å². The molecule has 5 nitrogen and oxygen atoms in total. The molecule has 0 saturated heterocycles. The smallest absolute Gasteiger partial charge is 0.241 e. The highest BCUT2D eigenvalue weighted by Crippen LogP contribution is 2.17. The quantitative estimate of drug-likeness (QED) is 0.788. The zero-order chi connectivity index (χ0) is 14.5. The molecule has 1 atom stereocenters. The van der Waals surface area contributed by atoms with E-state index in [1.807, 2.05) is 13.0 Å². The molecule has 0 saturated carbocycles. The number of aryl methyl sites for hydroxylation is 1. The molecule has 0 amide bonds. The maximum absolute atomic E-state index is 12.3. The van der Waals surface area contributed by atoms with Crippen molar-refractivity contribution in [3.05, 3.63) is 29.3 Å². The van der Waals surface area contributed by atoms with E-state index in [9.17, 15) is 8.42 Å². The molecule has 1 unspecified atom stereocenters. The molecule has 108 valence electrons. The van der Waals surface area contributed by atoms with Gasteiger partial charge in [0.15, 0.2) is 0 Å². The van der Waals surface area contributed by atoms with Gasteiger partial charge in [0.25, 0.3) is 0 Å². The van der Waals surface area contributed by atoms with Gasteiger partial charge in [0.2, 0.25) is 10.0 Å². The van der Waals surface area contributed by atoms with Gasteiger partial charge in [0.05, 0.1) is 4.90 Å². The van der Waals surface area contributed by atoms with Crippen molar-refractivity contribution in [2.24, 2.45) is 5.73 Å². The second-order valence-corrected chi connectivity index (χ2v) is 6.29. The lowest BCUT2D eigenvalue weighted by Crippen LogP contribution is -2.33. The summed E-state index contributed by atoms with van der Waals surface area (Å²) < 4.78 is 32.2. The Morgan fingerprint density at radius 2 is 2.11 bits per heavy atom. The summed E-state index contributed by atoms with van der Waals surface area (Å²) >= 11 is 0. The standard InChI is InChI=1S/C13H22N2O3S/c1-10-4-5-12(9-14)8-13(10)19(16,17)15-11(2)6-7-18-3/h4-5,8,11,15H,6-7,9,14H2,1-3H3. The van der Waals surface area contributed by atoms with Crippen LogP contribution < -0.4 is 10.5 Å². The van der Waals surface area contributed by atoms with Gasteiger partial charge < -0.3 is 10.5 Å². The highest BCUT2D eigenvalue weighted by Gasteiger charge is 2.19. The maximum Gasteiger partial charge on any atom is 0.241 e. The van der Waals surface area contributed by atoms with E-state index in [0.717, 1.165) is 5.56 Å². The first-order chi connectivity index (χ1) is 8.90. The molecule has 0 heterocycles. The molecule has 1 aromatic carbocycles. The van der Waals surface area contributed by atoms with Gasteiger partial charge in [-0.1, -0.05) is 12.1 Å². The molecule has 19 heavy (non-hydrogen) atoms. The minimum absolute atomic E-state index is 0.175. The van der Waals surface area contributed by atoms with Gasteiger partial charge >= 0.3 is 0 Å². The normalized spacial score (nSPS) is 13.5. The summed E-state index contributed by atoms with van der Waals surface area (Å²) in [6.07, 6.45) is 0.630. The molecule has 0 fully saturated rings. The average molecular weight is 286 g/mol. The lowest BCUT2D eigenvalue weighted by molar-refractivity contribution is 0.188. The van der Waals surface area contributed by atoms with Crippen LogP contribution >= 0.6 is 0 Å². The largest absolute Gasteiger partial charge is 0.385 e. The molecule has 1 aromatic rings. The van der Waals surface area contributed by atoms with E-state index in [2.05, 4.69) is 4.72 Å². The number of ether oxygens (including phenoxy) is 1. The maximum atomic E-state index is 12.3. The van der Waals surface area contributed by atoms with Crippen molar-refractivity contribution >= 4 is 10.0 Å². The first-order valence-corrected chi connectivity index (χ1v) is 7.70. The van der Waals surface area contributed by atoms with E-state index in [-0.39, 0.29) is 6.04 Å². The number of sulfonamides is 1. The number of rotatable bonds is 7. The predicted molar refractivity (Wildman–Crippen MR) is 75.3 cm³/mol. The molecule has 3 N–H and O–H groups in total. The predicted octanol–water partition coefficient (Wildman–Crippen LogP) is 1.16. The Kier molecular flexibility index (Phi) is 5.93. The molecule has 0 aliphatic carbocycles. The highest BCUT2D eigenvalue weighted by atomic mass is 32.2. The van der Waals surface area contributed by atoms with Crippen molar-refractivity contribution < 1.29 is 13.2 Å². The fraction of sp³-hybridized carbons (Fsp3) is 0.538. The van der Waals surface area contributed by atoms with Crippen molar-refractivity contribution in [3.8, 4) is 0 Å². The highest BCUT2D eigenvalue weighted by molar-refractivity contribution is 7.89. The van der Waals surface area contributed by atoms with E-state index in [1.54, 1.807) is 26.2 Å². The van der Waals surface area contributed by atoms with Crippen LogP contribution in [0.25, 0.3) is 0 Å². The summed E-state index contributed by atoms with van der Waals surface area (Å²) in [4.78, 5) is 0.291. The van der Waals surface area contributed by atoms with E-state index < -0.39 is 10.0 Å². The van der Waals surface area contributed by atoms with E-state index >= 15 is 0 Å². The van der Waals surface area contributed by atoms with Crippen LogP contribution in [0.4, 0.5) is 0 Å². The number of nitrogens with one attached hydrogen (secondary N) is 1. The van der Waals surface area contributed by atoms with Gasteiger partial charge in [-0.25, -0.2) is 13.1 Å². The first kappa shape index (κ1) is 16.1. The molecule has 0 bridgehead atoms. The Labute approximate surface area is 115 Å². The van der Waals surface area contributed by atoms with Crippen LogP contribution in [0.5, 0.6) is 0 Å². The molecule has 1 rings (SSSR count). The van der Waals surface area contributed by atoms with Gasteiger partial charge in [0, 0.05) is 26.3 Å². The SMILES string of the molecule is COCCC(C)NS(=O)(=O)c1cc(CN)ccc1C. The topological polar surface area (TPSA) is 81.4 Å². The van der Waals surface area contributed by atoms with Crippen molar-refractivity contribution in [2.75, 3.05) is 13.7 Å². The lowest BCUT2D eigenvalue weighted by Gasteiger charge is -2.15. The fourth-order valence-electron chi connectivity index (χ4n) is 1.74. The van der Waals surface area contributed by atoms with Crippen molar-refractivity contribution in [1.82, 2.24) is 4.72 Å². The number of nitrogens with two attached hydrogens (primary N) is 1. The van der Waals surface area contributed by atoms with E-state index in [1.165, 1.54) is 0 Å². The summed E-state index contributed by atoms with van der Waals surface area (Å²) in [7, 11) is -1.92. The van der Waals surface area contributed by atoms with Crippen LogP contribution in [0.15, 0.2) is 23.1 Å². The fourth-order valence-corrected chi connectivity index (χ4v) is 3.32. The average Bonchev–Trinajstić information content (AvgIpc) is 2.36. The molecule has 0 aliphatic rings. The Hall–Kier alpha value is -0.950. The Bertz CT molecular complexity index is 515. The number of hydrogen-bond acceptors (Lipinski definition) is 4. The molecule has 0 spiro atoms. The van der Waals surface area contributed by atoms with Crippen molar-refractivity contribution in [2.45, 2.75) is 37.8 Å². The lowest BCUT2D eigenvalue weighted by atomic mass is 10.1. The van der Waals surface area contributed by atoms with Gasteiger partial charge in [-0.15, -0.1) is 0 Å². The third kappa shape index (κ3) is 4.58.